The minimum atomic E-state index is 0.603. The zero-order chi connectivity index (χ0) is 102. The maximum Gasteiger partial charge on any atom is 0.0545 e. The van der Waals surface area contributed by atoms with Crippen LogP contribution in [0.4, 0.5) is 0 Å². The summed E-state index contributed by atoms with van der Waals surface area (Å²) in [6, 6.07) is 10.4. The summed E-state index contributed by atoms with van der Waals surface area (Å²) in [6.45, 7) is 136. The van der Waals surface area contributed by atoms with E-state index < -0.39 is 0 Å². The fourth-order valence-corrected chi connectivity index (χ4v) is 23.6. The highest BCUT2D eigenvalue weighted by Gasteiger charge is 2.52. The third-order valence-corrected chi connectivity index (χ3v) is 36.6. The van der Waals surface area contributed by atoms with Gasteiger partial charge < -0.3 is 43.9 Å². The Labute approximate surface area is 848 Å². The fourth-order valence-electron chi connectivity index (χ4n) is 23.6. The molecule has 0 aromatic carbocycles. The van der Waals surface area contributed by atoms with E-state index in [2.05, 4.69) is 359 Å². The van der Waals surface area contributed by atoms with Gasteiger partial charge in [0.25, 0.3) is 0 Å². The van der Waals surface area contributed by atoms with Crippen molar-refractivity contribution in [2.45, 2.75) is 485 Å². The average molecular weight is 1900 g/mol. The van der Waals surface area contributed by atoms with E-state index in [1.165, 1.54) is 292 Å². The molecular weight excluding hydrogens is 1650 g/mol. The number of piperidine rings is 4. The first-order valence-corrected chi connectivity index (χ1v) is 59.1. The van der Waals surface area contributed by atoms with E-state index in [9.17, 15) is 0 Å². The highest BCUT2D eigenvalue weighted by Crippen LogP contribution is 2.49. The van der Waals surface area contributed by atoms with Crippen molar-refractivity contribution in [1.82, 2.24) is 68.6 Å². The van der Waals surface area contributed by atoms with E-state index in [0.717, 1.165) is 174 Å². The van der Waals surface area contributed by atoms with Crippen LogP contribution in [0.3, 0.4) is 0 Å². The quantitative estimate of drug-likeness (QED) is 0.110. The van der Waals surface area contributed by atoms with Gasteiger partial charge in [0, 0.05) is 194 Å². The van der Waals surface area contributed by atoms with Crippen LogP contribution in [0.15, 0.2) is 0 Å². The summed E-state index contributed by atoms with van der Waals surface area (Å²) < 4.78 is 5.29. The first-order chi connectivity index (χ1) is 63.1. The number of rotatable bonds is 21. The van der Waals surface area contributed by atoms with Gasteiger partial charge in [-0.25, -0.2) is 0 Å². The van der Waals surface area contributed by atoms with Gasteiger partial charge in [0.15, 0.2) is 0 Å². The molecule has 804 valence electrons. The molecule has 0 bridgehead atoms. The number of hydrogen-bond donors (Lipinski definition) is 0. The molecule has 15 heteroatoms. The molecule has 0 aromatic heterocycles. The maximum atomic E-state index is 5.29. The molecule has 0 radical (unpaired) electrons. The lowest BCUT2D eigenvalue weighted by Gasteiger charge is -2.62. The van der Waals surface area contributed by atoms with Gasteiger partial charge in [0.05, 0.1) is 13.2 Å². The van der Waals surface area contributed by atoms with Crippen LogP contribution in [-0.2, 0) is 4.74 Å². The van der Waals surface area contributed by atoms with Gasteiger partial charge in [-0.3, -0.25) is 29.4 Å². The molecule has 15 nitrogen and oxygen atoms in total. The summed E-state index contributed by atoms with van der Waals surface area (Å²) in [5, 5.41) is 0. The summed E-state index contributed by atoms with van der Waals surface area (Å²) in [5.74, 6) is 13.1. The van der Waals surface area contributed by atoms with Crippen LogP contribution >= 0.6 is 0 Å². The maximum absolute atomic E-state index is 5.29. The largest absolute Gasteiger partial charge is 0.380 e. The van der Waals surface area contributed by atoms with Gasteiger partial charge in [-0.05, 0) is 476 Å². The molecule has 13 heterocycles. The Kier molecular flexibility index (Phi) is 59.9. The minimum Gasteiger partial charge on any atom is -0.380 e. The lowest BCUT2D eigenvalue weighted by molar-refractivity contribution is -0.141. The summed E-state index contributed by atoms with van der Waals surface area (Å²) in [4.78, 5) is 36.2. The molecule has 1 saturated carbocycles. The minimum absolute atomic E-state index is 0.603. The van der Waals surface area contributed by atoms with Crippen molar-refractivity contribution in [3.05, 3.63) is 0 Å². The highest BCUT2D eigenvalue weighted by atomic mass is 16.5. The molecule has 0 aromatic rings. The first kappa shape index (κ1) is 127. The summed E-state index contributed by atoms with van der Waals surface area (Å²) in [6.07, 6.45) is 24.3. The van der Waals surface area contributed by atoms with Crippen molar-refractivity contribution >= 4 is 0 Å². The van der Waals surface area contributed by atoms with Crippen LogP contribution in [0.2, 0.25) is 0 Å². The standard InChI is InChI=1S/C16H31N.C12H25N.C11H22N2.C11H24N2.2C11H23N.C10H22N2.C10H19NO.C10H21N.2C9H19N/c1-13(2)15-5-7-16(8-6-15)9-11-17(12-10-16)14(3)4;1-10(2)12-6-5-8-13(9-7-12)11(3)4;1-9(2)12-5-11(6-12)7-13(8-11)10(3)4;1-10(2)12-6-5-7-13(9-8-12)11(3)4;3*1-9(2)11-5-7-12(8-6-11)10(3)4;1-9(2)11-5-3-10(4-6-11)7-12-8-10;1-8(2)10-5-6-11(7-10)9(3)4;2*1-7(2)9-5-10(6-9)8(3)4/h13-15H,5-12H2,1-4H3;10-12H,5-9H2,1-4H3;9-10H,5-8H2,1-4H3;10-11H,5-9H2,1-4H3;2*9-11H,5-8H2,1-4H3;9-10H,5-8H2,1-4H3;9H,3-8H2,1-2H3;8-10H,5-7H2,1-4H3;2*7-9H,5-6H2,1-4H3. The smallest absolute Gasteiger partial charge is 0.0545 e. The number of hydrogen-bond acceptors (Lipinski definition) is 15. The van der Waals surface area contributed by atoms with Crippen molar-refractivity contribution in [3.63, 3.8) is 0 Å². The van der Waals surface area contributed by atoms with Gasteiger partial charge in [-0.15, -0.1) is 0 Å². The molecule has 13 saturated heterocycles. The summed E-state index contributed by atoms with van der Waals surface area (Å²) in [7, 11) is 0. The topological polar surface area (TPSA) is 54.6 Å². The molecule has 2 atom stereocenters. The van der Waals surface area contributed by atoms with Crippen LogP contribution in [0.5, 0.6) is 0 Å². The molecule has 14 fully saturated rings. The second-order valence-corrected chi connectivity index (χ2v) is 53.2. The van der Waals surface area contributed by atoms with Gasteiger partial charge >= 0.3 is 0 Å². The van der Waals surface area contributed by atoms with Gasteiger partial charge in [0.1, 0.15) is 0 Å². The second kappa shape index (κ2) is 63.8. The van der Waals surface area contributed by atoms with Crippen molar-refractivity contribution in [2.24, 2.45) is 99.1 Å². The molecule has 0 amide bonds. The highest BCUT2D eigenvalue weighted by molar-refractivity contribution is 5.07. The Hall–Kier alpha value is -0.600. The lowest BCUT2D eigenvalue weighted by atomic mass is 9.64. The average Bonchev–Trinajstić information content (AvgIpc) is 0.819. The van der Waals surface area contributed by atoms with Crippen LogP contribution < -0.4 is 0 Å². The Bertz CT molecular complexity index is 2550. The molecule has 14 rings (SSSR count). The summed E-state index contributed by atoms with van der Waals surface area (Å²) in [5.41, 5.74) is 2.05. The van der Waals surface area contributed by atoms with Gasteiger partial charge in [-0.1, -0.05) is 96.9 Å². The normalized spacial score (nSPS) is 25.0. The fraction of sp³-hybridized carbons (Fsp3) is 1.00. The Balaban J connectivity index is 0.000000311. The molecular formula is C120H248N14O. The van der Waals surface area contributed by atoms with Gasteiger partial charge in [0.2, 0.25) is 0 Å². The van der Waals surface area contributed by atoms with Crippen LogP contribution in [0.1, 0.15) is 400 Å². The van der Waals surface area contributed by atoms with Crippen LogP contribution in [0.25, 0.3) is 0 Å². The molecule has 13 aliphatic heterocycles. The third-order valence-electron chi connectivity index (χ3n) is 36.6. The number of piperazine rings is 1. The third kappa shape index (κ3) is 45.7. The van der Waals surface area contributed by atoms with E-state index in [1.54, 1.807) is 0 Å². The zero-order valence-corrected chi connectivity index (χ0v) is 99.6. The van der Waals surface area contributed by atoms with E-state index in [-0.39, 0.29) is 0 Å². The SMILES string of the molecule is CC(C)C1CCC2(CC1)CCN(C(C)C)CC2.CC(C)C1CCCN(C(C)C)CC1.CC(C)C1CCN(C(C)C)C1.CC(C)C1CCN(C(C)C)CC1.CC(C)C1CCN(C(C)C)CC1.CC(C)C1CN(C(C)C)C1.CC(C)C1CN(C(C)C)C1.CC(C)N1CC2(C1)CN(C(C)C)C2.CC(C)N1CCC2(CC1)COC2.CC(C)N1CCCN(C(C)C)CC1.CC(C)N1CCN(C(C)C)CC1. The molecule has 1 aliphatic carbocycles. The molecule has 0 N–H and O–H groups in total. The van der Waals surface area contributed by atoms with Crippen molar-refractivity contribution in [3.8, 4) is 0 Å². The predicted molar refractivity (Wildman–Crippen MR) is 599 cm³/mol. The molecule has 14 aliphatic rings. The predicted octanol–water partition coefficient (Wildman–Crippen LogP) is 25.5. The summed E-state index contributed by atoms with van der Waals surface area (Å²) >= 11 is 0. The van der Waals surface area contributed by atoms with Crippen molar-refractivity contribution in [1.29, 1.82) is 0 Å². The Morgan fingerprint density at radius 2 is 0.356 bits per heavy atom. The van der Waals surface area contributed by atoms with E-state index in [0.29, 0.717) is 22.9 Å². The Morgan fingerprint density at radius 1 is 0.156 bits per heavy atom. The van der Waals surface area contributed by atoms with E-state index >= 15 is 0 Å². The molecule has 2 unspecified atom stereocenters. The monoisotopic (exact) mass is 1900 g/mol. The van der Waals surface area contributed by atoms with E-state index in [1.807, 2.05) is 0 Å². The number of ether oxygens (including phenoxy) is 1. The van der Waals surface area contributed by atoms with Crippen molar-refractivity contribution in [2.75, 3.05) is 196 Å². The zero-order valence-electron chi connectivity index (χ0n) is 99.6. The Morgan fingerprint density at radius 3 is 0.593 bits per heavy atom. The lowest BCUT2D eigenvalue weighted by Crippen LogP contribution is -2.73. The van der Waals surface area contributed by atoms with Crippen molar-refractivity contribution < 1.29 is 4.74 Å². The number of nitrogens with zero attached hydrogens (tertiary/aromatic N) is 14. The van der Waals surface area contributed by atoms with E-state index in [4.69, 9.17) is 4.74 Å². The molecule has 3 spiro atoms. The molecule has 135 heavy (non-hydrogen) atoms. The number of likely N-dealkylation sites (tertiary alicyclic amines) is 10. The first-order valence-electron chi connectivity index (χ1n) is 59.1. The van der Waals surface area contributed by atoms with Crippen LogP contribution in [0, 0.1) is 99.1 Å². The van der Waals surface area contributed by atoms with Gasteiger partial charge in [-0.2, -0.15) is 0 Å². The second-order valence-electron chi connectivity index (χ2n) is 53.2. The van der Waals surface area contributed by atoms with Crippen LogP contribution in [-0.4, -0.2) is 350 Å².